The van der Waals surface area contributed by atoms with Gasteiger partial charge in [-0.25, -0.2) is 8.42 Å². The van der Waals surface area contributed by atoms with E-state index in [9.17, 15) is 18.0 Å². The van der Waals surface area contributed by atoms with E-state index in [1.807, 2.05) is 33.8 Å². The Kier molecular flexibility index (Phi) is 10.8. The third-order valence-electron chi connectivity index (χ3n) is 6.96. The number of aryl methyl sites for hydroxylation is 3. The summed E-state index contributed by atoms with van der Waals surface area (Å²) in [6.07, 6.45) is 1.73. The summed E-state index contributed by atoms with van der Waals surface area (Å²) in [5.41, 5.74) is 3.84. The lowest BCUT2D eigenvalue weighted by Crippen LogP contribution is -2.51. The van der Waals surface area contributed by atoms with Gasteiger partial charge in [0.05, 0.1) is 10.6 Å². The van der Waals surface area contributed by atoms with Crippen LogP contribution < -0.4 is 9.62 Å². The highest BCUT2D eigenvalue weighted by atomic mass is 35.5. The number of hydrogen-bond acceptors (Lipinski definition) is 4. The third kappa shape index (κ3) is 7.64. The molecule has 0 fully saturated rings. The maximum absolute atomic E-state index is 14.0. The minimum absolute atomic E-state index is 0.0478. The predicted octanol–water partition coefficient (Wildman–Crippen LogP) is 5.79. The summed E-state index contributed by atoms with van der Waals surface area (Å²) in [4.78, 5) is 28.5. The van der Waals surface area contributed by atoms with Gasteiger partial charge in [0.25, 0.3) is 10.0 Å². The largest absolute Gasteiger partial charge is 0.354 e. The third-order valence-corrected chi connectivity index (χ3v) is 9.12. The molecular formula is C31H38ClN3O4S. The van der Waals surface area contributed by atoms with E-state index in [1.54, 1.807) is 55.5 Å². The van der Waals surface area contributed by atoms with Crippen LogP contribution in [0.5, 0.6) is 0 Å². The number of benzene rings is 3. The molecule has 0 saturated carbocycles. The van der Waals surface area contributed by atoms with Crippen molar-refractivity contribution in [1.29, 1.82) is 0 Å². The Bertz CT molecular complexity index is 1440. The summed E-state index contributed by atoms with van der Waals surface area (Å²) in [6.45, 7) is 9.42. The first-order chi connectivity index (χ1) is 18.9. The van der Waals surface area contributed by atoms with Gasteiger partial charge in [-0.2, -0.15) is 0 Å². The predicted molar refractivity (Wildman–Crippen MR) is 161 cm³/mol. The van der Waals surface area contributed by atoms with Gasteiger partial charge in [-0.3, -0.25) is 13.9 Å². The molecule has 0 aliphatic heterocycles. The van der Waals surface area contributed by atoms with E-state index in [-0.39, 0.29) is 17.3 Å². The lowest BCUT2D eigenvalue weighted by atomic mass is 10.1. The van der Waals surface area contributed by atoms with Crippen LogP contribution in [-0.4, -0.2) is 44.3 Å². The molecule has 40 heavy (non-hydrogen) atoms. The molecule has 2 amide bonds. The van der Waals surface area contributed by atoms with Crippen molar-refractivity contribution in [3.63, 3.8) is 0 Å². The monoisotopic (exact) mass is 583 g/mol. The first-order valence-electron chi connectivity index (χ1n) is 13.4. The molecule has 214 valence electrons. The zero-order valence-corrected chi connectivity index (χ0v) is 25.3. The van der Waals surface area contributed by atoms with Gasteiger partial charge in [0.1, 0.15) is 12.6 Å². The standard InChI is InChI=1S/C31H38ClN3O4S/c1-6-7-18-33-31(37)25(5)34(20-26-10-8-9-11-29(26)32)30(36)21-35(27-15-14-23(3)24(4)19-27)40(38,39)28-16-12-22(2)13-17-28/h8-17,19,25H,6-7,18,20-21H2,1-5H3,(H,33,37). The molecule has 1 unspecified atom stereocenters. The van der Waals surface area contributed by atoms with E-state index in [0.29, 0.717) is 22.8 Å². The molecule has 7 nitrogen and oxygen atoms in total. The summed E-state index contributed by atoms with van der Waals surface area (Å²) < 4.78 is 29.0. The molecule has 0 saturated heterocycles. The van der Waals surface area contributed by atoms with E-state index in [2.05, 4.69) is 5.32 Å². The molecule has 0 heterocycles. The molecule has 0 aliphatic rings. The van der Waals surface area contributed by atoms with Gasteiger partial charge in [-0.15, -0.1) is 0 Å². The van der Waals surface area contributed by atoms with Crippen LogP contribution in [0.4, 0.5) is 5.69 Å². The quantitative estimate of drug-likeness (QED) is 0.273. The average Bonchev–Trinajstić information content (AvgIpc) is 2.92. The van der Waals surface area contributed by atoms with Gasteiger partial charge in [-0.1, -0.05) is 66.9 Å². The van der Waals surface area contributed by atoms with Crippen molar-refractivity contribution in [2.24, 2.45) is 0 Å². The molecule has 0 aromatic heterocycles. The lowest BCUT2D eigenvalue weighted by molar-refractivity contribution is -0.139. The molecule has 0 aliphatic carbocycles. The van der Waals surface area contributed by atoms with Crippen molar-refractivity contribution in [3.8, 4) is 0 Å². The Morgan fingerprint density at radius 2 is 1.62 bits per heavy atom. The number of sulfonamides is 1. The van der Waals surface area contributed by atoms with Gasteiger partial charge in [-0.05, 0) is 81.1 Å². The fourth-order valence-electron chi connectivity index (χ4n) is 4.18. The molecule has 9 heteroatoms. The molecule has 0 bridgehead atoms. The minimum Gasteiger partial charge on any atom is -0.354 e. The Labute approximate surface area is 243 Å². The number of nitrogens with one attached hydrogen (secondary N) is 1. The van der Waals surface area contributed by atoms with E-state index in [4.69, 9.17) is 11.6 Å². The summed E-state index contributed by atoms with van der Waals surface area (Å²) >= 11 is 6.41. The van der Waals surface area contributed by atoms with Crippen LogP contribution in [0.15, 0.2) is 71.6 Å². The second-order valence-corrected chi connectivity index (χ2v) is 12.3. The van der Waals surface area contributed by atoms with Crippen LogP contribution >= 0.6 is 11.6 Å². The van der Waals surface area contributed by atoms with Gasteiger partial charge < -0.3 is 10.2 Å². The number of carbonyl (C=O) groups is 2. The molecule has 3 aromatic carbocycles. The number of hydrogen-bond donors (Lipinski definition) is 1. The molecule has 3 aromatic rings. The van der Waals surface area contributed by atoms with E-state index >= 15 is 0 Å². The average molecular weight is 584 g/mol. The number of unbranched alkanes of at least 4 members (excludes halogenated alkanes) is 1. The lowest BCUT2D eigenvalue weighted by Gasteiger charge is -2.32. The molecular weight excluding hydrogens is 546 g/mol. The Morgan fingerprint density at radius 1 is 0.950 bits per heavy atom. The minimum atomic E-state index is -4.11. The van der Waals surface area contributed by atoms with Gasteiger partial charge in [0.15, 0.2) is 0 Å². The number of halogens is 1. The molecule has 1 atom stereocenters. The maximum Gasteiger partial charge on any atom is 0.264 e. The SMILES string of the molecule is CCCCNC(=O)C(C)N(Cc1ccccc1Cl)C(=O)CN(c1ccc(C)c(C)c1)S(=O)(=O)c1ccc(C)cc1. The van der Waals surface area contributed by atoms with E-state index in [0.717, 1.165) is 33.8 Å². The van der Waals surface area contributed by atoms with Gasteiger partial charge in [0, 0.05) is 18.1 Å². The van der Waals surface area contributed by atoms with Gasteiger partial charge >= 0.3 is 0 Å². The van der Waals surface area contributed by atoms with Crippen molar-refractivity contribution >= 4 is 39.1 Å². The number of anilines is 1. The molecule has 1 N–H and O–H groups in total. The number of nitrogens with zero attached hydrogens (tertiary/aromatic N) is 2. The van der Waals surface area contributed by atoms with Crippen molar-refractivity contribution in [2.45, 2.75) is 64.9 Å². The normalized spacial score (nSPS) is 12.1. The Morgan fingerprint density at radius 3 is 2.25 bits per heavy atom. The van der Waals surface area contributed by atoms with Crippen LogP contribution in [-0.2, 0) is 26.2 Å². The van der Waals surface area contributed by atoms with Crippen molar-refractivity contribution in [1.82, 2.24) is 10.2 Å². The smallest absolute Gasteiger partial charge is 0.264 e. The summed E-state index contributed by atoms with van der Waals surface area (Å²) in [7, 11) is -4.11. The second-order valence-electron chi connectivity index (χ2n) is 10.0. The Hall–Kier alpha value is -3.36. The molecule has 0 spiro atoms. The fraction of sp³-hybridized carbons (Fsp3) is 0.355. The number of amides is 2. The fourth-order valence-corrected chi connectivity index (χ4v) is 5.78. The van der Waals surface area contributed by atoms with Crippen LogP contribution in [0.2, 0.25) is 5.02 Å². The van der Waals surface area contributed by atoms with E-state index < -0.39 is 28.5 Å². The summed E-state index contributed by atoms with van der Waals surface area (Å²) in [6, 6.07) is 18.0. The van der Waals surface area contributed by atoms with Gasteiger partial charge in [0.2, 0.25) is 11.8 Å². The summed E-state index contributed by atoms with van der Waals surface area (Å²) in [5, 5.41) is 3.34. The highest BCUT2D eigenvalue weighted by molar-refractivity contribution is 7.92. The summed E-state index contributed by atoms with van der Waals surface area (Å²) in [5.74, 6) is -0.833. The first kappa shape index (κ1) is 31.2. The highest BCUT2D eigenvalue weighted by Crippen LogP contribution is 2.27. The van der Waals surface area contributed by atoms with Crippen molar-refractivity contribution < 1.29 is 18.0 Å². The van der Waals surface area contributed by atoms with Crippen molar-refractivity contribution in [2.75, 3.05) is 17.4 Å². The maximum atomic E-state index is 14.0. The Balaban J connectivity index is 2.03. The molecule has 0 radical (unpaired) electrons. The topological polar surface area (TPSA) is 86.8 Å². The first-order valence-corrected chi connectivity index (χ1v) is 15.2. The van der Waals surface area contributed by atoms with E-state index in [1.165, 1.54) is 17.0 Å². The highest BCUT2D eigenvalue weighted by Gasteiger charge is 2.32. The number of carbonyl (C=O) groups excluding carboxylic acids is 2. The van der Waals surface area contributed by atoms with Crippen LogP contribution in [0.1, 0.15) is 48.9 Å². The van der Waals surface area contributed by atoms with Crippen LogP contribution in [0.25, 0.3) is 0 Å². The van der Waals surface area contributed by atoms with Crippen LogP contribution in [0, 0.1) is 20.8 Å². The van der Waals surface area contributed by atoms with Crippen molar-refractivity contribution in [3.05, 3.63) is 94.0 Å². The van der Waals surface area contributed by atoms with Crippen LogP contribution in [0.3, 0.4) is 0 Å². The zero-order valence-electron chi connectivity index (χ0n) is 23.8. The molecule has 3 rings (SSSR count). The number of rotatable bonds is 12. The zero-order chi connectivity index (χ0) is 29.4. The second kappa shape index (κ2) is 13.8.